The molecule has 4 aromatic carbocycles. The van der Waals surface area contributed by atoms with Crippen LogP contribution in [0.15, 0.2) is 122 Å². The van der Waals surface area contributed by atoms with Crippen molar-refractivity contribution in [3.05, 3.63) is 133 Å². The Morgan fingerprint density at radius 3 is 1.69 bits per heavy atom. The second-order valence-corrected chi connectivity index (χ2v) is 65.7. The first-order valence-electron chi connectivity index (χ1n) is 30.9. The first kappa shape index (κ1) is 84.4. The van der Waals surface area contributed by atoms with Crippen molar-refractivity contribution in [2.45, 2.75) is 98.9 Å². The molecule has 3 N–H and O–H groups in total. The van der Waals surface area contributed by atoms with E-state index < -0.39 is 5.54 Å². The number of hydrogen-bond donors (Lipinski definition) is 3. The molecule has 0 spiro atoms. The average molecular weight is 1570 g/mol. The minimum absolute atomic E-state index is 0. The zero-order valence-corrected chi connectivity index (χ0v) is 69.7. The fraction of sp³-hybridized carbons (Fsp3) is 0.413. The summed E-state index contributed by atoms with van der Waals surface area (Å²) in [7, 11) is 23.6. The average Bonchev–Trinajstić information content (AvgIpc) is 1.57. The summed E-state index contributed by atoms with van der Waals surface area (Å²) in [5.41, 5.74) is 6.63. The van der Waals surface area contributed by atoms with E-state index in [0.29, 0.717) is 74.8 Å². The zero-order chi connectivity index (χ0) is 69.5. The van der Waals surface area contributed by atoms with E-state index in [0.717, 1.165) is 77.9 Å². The van der Waals surface area contributed by atoms with Crippen molar-refractivity contribution in [3.8, 4) is 34.0 Å². The Balaban J connectivity index is 0.000000296. The van der Waals surface area contributed by atoms with Crippen LogP contribution in [0.25, 0.3) is 44.9 Å². The van der Waals surface area contributed by atoms with Crippen LogP contribution in [0.5, 0.6) is 0 Å². The molecule has 0 aliphatic carbocycles. The smallest absolute Gasteiger partial charge is 0.251 e. The Labute approximate surface area is 598 Å². The second kappa shape index (κ2) is 42.3. The molecule has 18 nitrogen and oxygen atoms in total. The third-order valence-corrected chi connectivity index (χ3v) is 66.1. The number of H-pyrrole nitrogens is 1. The largest absolute Gasteiger partial charge is 0.368 e. The number of fused-ring (bicyclic) bond motifs is 1. The van der Waals surface area contributed by atoms with Crippen molar-refractivity contribution >= 4 is 171 Å². The molecule has 0 saturated carbocycles. The van der Waals surface area contributed by atoms with E-state index in [4.69, 9.17) is 11.6 Å². The molecule has 7 aromatic rings. The van der Waals surface area contributed by atoms with Gasteiger partial charge in [0, 0.05) is 140 Å². The van der Waals surface area contributed by atoms with Gasteiger partial charge < -0.3 is 30.2 Å². The molecule has 4 amide bonds. The molecule has 10 unspecified atom stereocenters. The highest BCUT2D eigenvalue weighted by Crippen LogP contribution is 3.00. The molecule has 3 aliphatic rings. The molecular weight excluding hydrogens is 1470 g/mol. The molecule has 522 valence electrons. The summed E-state index contributed by atoms with van der Waals surface area (Å²) in [6, 6.07) is 31.1. The summed E-state index contributed by atoms with van der Waals surface area (Å²) in [4.78, 5) is 80.9. The summed E-state index contributed by atoms with van der Waals surface area (Å²) in [6.07, 6.45) is 7.99. The van der Waals surface area contributed by atoms with E-state index in [-0.39, 0.29) is 90.0 Å². The molecule has 3 aromatic heterocycles. The molecule has 10 rings (SSSR count). The number of hydrogen-bond acceptors (Lipinski definition) is 13. The van der Waals surface area contributed by atoms with Crippen molar-refractivity contribution in [3.63, 3.8) is 0 Å². The quantitative estimate of drug-likeness (QED) is 0.0418. The summed E-state index contributed by atoms with van der Waals surface area (Å²) >= 11 is 5.66. The Hall–Kier alpha value is -2.28. The number of aromatic nitrogens is 6. The predicted molar refractivity (Wildman–Crippen MR) is 443 cm³/mol. The van der Waals surface area contributed by atoms with Crippen LogP contribution in [0.3, 0.4) is 0 Å². The number of nitrogens with one attached hydrogen (secondary N) is 3. The first-order chi connectivity index (χ1) is 45.3. The number of benzene rings is 4. The molecule has 6 heterocycles. The van der Waals surface area contributed by atoms with Crippen LogP contribution >= 0.6 is 119 Å². The number of carbonyl (C=O) groups is 4. The Morgan fingerprint density at radius 1 is 0.750 bits per heavy atom. The fourth-order valence-corrected chi connectivity index (χ4v) is 40.3. The Bertz CT molecular complexity index is 3500. The maximum atomic E-state index is 13.7. The van der Waals surface area contributed by atoms with Gasteiger partial charge in [-0.3, -0.25) is 34.1 Å². The molecule has 96 heavy (non-hydrogen) atoms. The number of piperazine rings is 2. The van der Waals surface area contributed by atoms with Crippen molar-refractivity contribution in [2.24, 2.45) is 0 Å². The lowest BCUT2D eigenvalue weighted by Gasteiger charge is -2.41. The minimum Gasteiger partial charge on any atom is -0.368 e. The van der Waals surface area contributed by atoms with E-state index >= 15 is 0 Å². The van der Waals surface area contributed by atoms with Gasteiger partial charge in [0.05, 0.1) is 17.8 Å². The van der Waals surface area contributed by atoms with Gasteiger partial charge in [-0.1, -0.05) is 22.3 Å². The monoisotopic (exact) mass is 1570 g/mol. The summed E-state index contributed by atoms with van der Waals surface area (Å²) in [5, 5.41) is 13.8. The second-order valence-electron chi connectivity index (χ2n) is 23.4. The Kier molecular flexibility index (Phi) is 37.2. The molecule has 3 saturated heterocycles. The van der Waals surface area contributed by atoms with Crippen LogP contribution in [0.2, 0.25) is 0 Å². The molecule has 0 bridgehead atoms. The third kappa shape index (κ3) is 25.3. The standard InChI is InChI=1S/C37H38FN9O3.C17H19ClN4O.C8H19N.CH4.H10P8.H7P5/c1-24-18-39-35(40-19-24)27-5-10-30(11-6-27)46-15-16-47(25(2)20-46)33(49)21-45-14-13-37(22-45,41-23-48)36(50)42-29-9-12-32-31(17-29)34(44-43-32)26-3-7-28(38)8-4-26;1-13-12-21(9-10-22(13)16(23)11-18)15-5-3-14(4-6-15)17-19-7-2-8-20-17;1-6-9(7(2)3)8(4)5;;1-6(2)8(5)7(3)4;1-4-5(2)3/h3-12,17-19,23,25H,13-16,20-22H2,1-2H3,(H,41,48)(H,42,50)(H,43,44);2-8,13H,9-12H2,1H3;7-8H,6H2,1-5H3;1H4;1-5H2;4H,1-3H2/t25-,37?;13-;;;;/m11..../s1. The van der Waals surface area contributed by atoms with Crippen LogP contribution < -0.4 is 20.4 Å². The van der Waals surface area contributed by atoms with Gasteiger partial charge in [-0.05, 0) is 192 Å². The number of carbonyl (C=O) groups excluding carboxylic acids is 4. The van der Waals surface area contributed by atoms with Crippen molar-refractivity contribution < 1.29 is 23.6 Å². The summed E-state index contributed by atoms with van der Waals surface area (Å²) in [6.45, 7) is 24.2. The minimum atomic E-state index is -1.20. The third-order valence-electron chi connectivity index (χ3n) is 16.1. The predicted octanol–water partition coefficient (Wildman–Crippen LogP) is 15.8. The lowest BCUT2D eigenvalue weighted by molar-refractivity contribution is -0.135. The summed E-state index contributed by atoms with van der Waals surface area (Å²) in [5.74, 6) is 0.756. The van der Waals surface area contributed by atoms with E-state index in [1.54, 1.807) is 61.2 Å². The molecule has 0 radical (unpaired) electrons. The molecule has 33 heteroatoms. The van der Waals surface area contributed by atoms with Crippen LogP contribution in [0.1, 0.15) is 67.9 Å². The van der Waals surface area contributed by atoms with Gasteiger partial charge >= 0.3 is 0 Å². The lowest BCUT2D eigenvalue weighted by Crippen LogP contribution is -2.58. The van der Waals surface area contributed by atoms with Gasteiger partial charge in [0.15, 0.2) is 11.6 Å². The van der Waals surface area contributed by atoms with Crippen molar-refractivity contribution in [1.82, 2.24) is 55.0 Å². The van der Waals surface area contributed by atoms with Gasteiger partial charge in [-0.25, -0.2) is 24.3 Å². The first-order valence-corrected chi connectivity index (χ1v) is 53.2. The SMILES string of the molecule is C.CCN(C(C)C)C(C)C.C[C@@H]1CN(c2ccc(-c3ncccn3)cc2)CCN1C(=O)CCl.Cc1cnc(-c2ccc(N3CCN(C(=O)CN4CCC(NC=O)(C(=O)Nc5ccc6[nH]nc(-c7ccc(F)cc7)c6c5)C4)[C@H](C)C3)cc2)nc1.PP(P)P(P)P(P)P.PPP(P)P. The number of halogens is 2. The number of aryl methyl sites for hydroxylation is 1. The number of amides is 4. The van der Waals surface area contributed by atoms with Gasteiger partial charge in [0.1, 0.15) is 17.2 Å². The van der Waals surface area contributed by atoms with E-state index in [9.17, 15) is 23.6 Å². The van der Waals surface area contributed by atoms with Gasteiger partial charge in [0.25, 0.3) is 5.91 Å². The molecule has 12 atom stereocenters. The van der Waals surface area contributed by atoms with E-state index in [1.807, 2.05) is 52.8 Å². The van der Waals surface area contributed by atoms with Crippen LogP contribution in [-0.4, -0.2) is 175 Å². The van der Waals surface area contributed by atoms with Crippen molar-refractivity contribution in [2.75, 3.05) is 86.4 Å². The van der Waals surface area contributed by atoms with E-state index in [2.05, 4.69) is 193 Å². The number of rotatable bonds is 18. The van der Waals surface area contributed by atoms with E-state index in [1.165, 1.54) is 12.1 Å². The number of likely N-dealkylation sites (tertiary alicyclic amines) is 1. The topological polar surface area (TPSA) is 192 Å². The van der Waals surface area contributed by atoms with Crippen molar-refractivity contribution in [1.29, 1.82) is 0 Å². The number of aromatic amines is 1. The molecular formula is C63H97ClFN14O4P13. The van der Waals surface area contributed by atoms with Gasteiger partial charge in [-0.15, -0.1) is 83.0 Å². The normalized spacial score (nSPS) is 17.2. The summed E-state index contributed by atoms with van der Waals surface area (Å²) < 4.78 is 13.5. The number of anilines is 3. The molecule has 3 aliphatic heterocycles. The highest BCUT2D eigenvalue weighted by Gasteiger charge is 2.45. The highest BCUT2D eigenvalue weighted by atomic mass is 35.5. The fourth-order valence-electron chi connectivity index (χ4n) is 11.2. The maximum Gasteiger partial charge on any atom is 0.251 e. The van der Waals surface area contributed by atoms with Crippen LogP contribution in [0.4, 0.5) is 21.5 Å². The van der Waals surface area contributed by atoms with Crippen LogP contribution in [-0.2, 0) is 19.2 Å². The van der Waals surface area contributed by atoms with Gasteiger partial charge in [-0.2, -0.15) is 5.10 Å². The molecule has 3 fully saturated rings. The zero-order valence-electron chi connectivity index (χ0n) is 55.1. The van der Waals surface area contributed by atoms with Crippen LogP contribution in [0, 0.1) is 12.7 Å². The Morgan fingerprint density at radius 2 is 1.25 bits per heavy atom. The number of nitrogens with zero attached hydrogens (tertiary/aromatic N) is 11. The lowest BCUT2D eigenvalue weighted by atomic mass is 9.97. The van der Waals surface area contributed by atoms with Gasteiger partial charge in [0.2, 0.25) is 18.2 Å². The highest BCUT2D eigenvalue weighted by molar-refractivity contribution is 9.06. The maximum absolute atomic E-state index is 13.7. The number of alkyl halides is 1.